The SMILES string of the molecule is CN1C[C@@H](OC2CCCCO2)C[C@H]1COc1ncc2c3c(c(-c4ncc(F)c5sc(NC(=O)OC(C)(C)C)c(C#N)c45)c(F)c2n1)COC3. The molecule has 2 fully saturated rings. The lowest BCUT2D eigenvalue weighted by atomic mass is 9.94. The first-order chi connectivity index (χ1) is 23.5. The Labute approximate surface area is 285 Å². The van der Waals surface area contributed by atoms with Crippen LogP contribution in [0.15, 0.2) is 12.4 Å². The van der Waals surface area contributed by atoms with Crippen molar-refractivity contribution in [2.24, 2.45) is 0 Å². The molecule has 4 aromatic rings. The summed E-state index contributed by atoms with van der Waals surface area (Å²) in [5.74, 6) is -1.46. The van der Waals surface area contributed by atoms with E-state index < -0.39 is 23.3 Å². The minimum absolute atomic E-state index is 0.00101. The highest BCUT2D eigenvalue weighted by Gasteiger charge is 2.34. The summed E-state index contributed by atoms with van der Waals surface area (Å²) >= 11 is 0.843. The van der Waals surface area contributed by atoms with Crippen LogP contribution in [0.3, 0.4) is 0 Å². The molecule has 3 aliphatic rings. The Morgan fingerprint density at radius 1 is 1.20 bits per heavy atom. The summed E-state index contributed by atoms with van der Waals surface area (Å²) in [4.78, 5) is 27.9. The highest BCUT2D eigenvalue weighted by atomic mass is 32.1. The lowest BCUT2D eigenvalue weighted by molar-refractivity contribution is -0.185. The maximum Gasteiger partial charge on any atom is 0.412 e. The van der Waals surface area contributed by atoms with Crippen molar-refractivity contribution >= 4 is 43.4 Å². The number of carbonyl (C=O) groups is 1. The summed E-state index contributed by atoms with van der Waals surface area (Å²) < 4.78 is 61.0. The molecule has 7 rings (SSSR count). The van der Waals surface area contributed by atoms with Crippen LogP contribution in [-0.2, 0) is 32.2 Å². The van der Waals surface area contributed by atoms with E-state index in [1.165, 1.54) is 6.20 Å². The molecule has 49 heavy (non-hydrogen) atoms. The fourth-order valence-corrected chi connectivity index (χ4v) is 7.63. The smallest absolute Gasteiger partial charge is 0.412 e. The van der Waals surface area contributed by atoms with E-state index in [9.17, 15) is 10.1 Å². The number of likely N-dealkylation sites (N-methyl/N-ethyl adjacent to an activating group) is 1. The van der Waals surface area contributed by atoms with Gasteiger partial charge in [-0.1, -0.05) is 0 Å². The molecule has 0 aliphatic carbocycles. The zero-order chi connectivity index (χ0) is 34.4. The molecular formula is C34H36F2N6O6S. The Hall–Kier alpha value is -4.07. The average Bonchev–Trinajstić information content (AvgIpc) is 3.78. The quantitative estimate of drug-likeness (QED) is 0.229. The van der Waals surface area contributed by atoms with Crippen molar-refractivity contribution in [3.05, 3.63) is 40.7 Å². The van der Waals surface area contributed by atoms with Crippen LogP contribution in [0.2, 0.25) is 0 Å². The van der Waals surface area contributed by atoms with E-state index in [4.69, 9.17) is 23.7 Å². The van der Waals surface area contributed by atoms with Crippen molar-refractivity contribution in [3.63, 3.8) is 0 Å². The standard InChI is InChI=1S/C34H36F2N6O6S/c1-34(2,3)48-33(43)41-31-19(10-37)26-29(38-12-23(35)30(26)49-31)25-22-16-44-15-21(22)20-11-39-32(40-28(20)27(25)36)46-14-17-9-18(13-42(17)4)47-24-7-5-6-8-45-24/h11-12,17-18,24H,5-9,13-16H2,1-4H3,(H,41,43)/t17-,18-,24?/m0/s1. The second kappa shape index (κ2) is 13.3. The minimum Gasteiger partial charge on any atom is -0.462 e. The maximum atomic E-state index is 16.8. The number of hydrogen-bond acceptors (Lipinski definition) is 12. The number of likely N-dealkylation sites (tertiary alicyclic amines) is 1. The van der Waals surface area contributed by atoms with Gasteiger partial charge in [-0.15, -0.1) is 11.3 Å². The van der Waals surface area contributed by atoms with Crippen molar-refractivity contribution in [3.8, 4) is 23.3 Å². The molecule has 12 nitrogen and oxygen atoms in total. The number of amides is 1. The summed E-state index contributed by atoms with van der Waals surface area (Å²) in [5.41, 5.74) is 0.346. The van der Waals surface area contributed by atoms with E-state index in [0.29, 0.717) is 23.1 Å². The third-order valence-electron chi connectivity index (χ3n) is 8.85. The molecule has 1 unspecified atom stereocenters. The Bertz CT molecular complexity index is 1970. The minimum atomic E-state index is -0.814. The summed E-state index contributed by atoms with van der Waals surface area (Å²) in [6.45, 7) is 7.04. The van der Waals surface area contributed by atoms with Gasteiger partial charge in [0, 0.05) is 41.7 Å². The molecule has 258 valence electrons. The zero-order valence-electron chi connectivity index (χ0n) is 27.6. The first-order valence-corrected chi connectivity index (χ1v) is 17.0. The van der Waals surface area contributed by atoms with E-state index in [1.54, 1.807) is 20.8 Å². The van der Waals surface area contributed by atoms with Gasteiger partial charge < -0.3 is 23.7 Å². The first kappa shape index (κ1) is 33.4. The second-order valence-electron chi connectivity index (χ2n) is 13.5. The van der Waals surface area contributed by atoms with Gasteiger partial charge in [-0.2, -0.15) is 10.2 Å². The second-order valence-corrected chi connectivity index (χ2v) is 14.5. The van der Waals surface area contributed by atoms with Gasteiger partial charge in [0.15, 0.2) is 17.9 Å². The van der Waals surface area contributed by atoms with Gasteiger partial charge in [-0.05, 0) is 64.6 Å². The Balaban J connectivity index is 1.21. The largest absolute Gasteiger partial charge is 0.462 e. The molecule has 0 bridgehead atoms. The first-order valence-electron chi connectivity index (χ1n) is 16.2. The van der Waals surface area contributed by atoms with Crippen LogP contribution >= 0.6 is 11.3 Å². The van der Waals surface area contributed by atoms with Gasteiger partial charge in [-0.3, -0.25) is 15.2 Å². The van der Waals surface area contributed by atoms with Crippen molar-refractivity contribution in [2.75, 3.05) is 32.1 Å². The topological polar surface area (TPSA) is 141 Å². The van der Waals surface area contributed by atoms with E-state index in [1.807, 2.05) is 13.1 Å². The van der Waals surface area contributed by atoms with Gasteiger partial charge in [0.25, 0.3) is 0 Å². The van der Waals surface area contributed by atoms with Crippen LogP contribution < -0.4 is 10.1 Å². The summed E-state index contributed by atoms with van der Waals surface area (Å²) in [7, 11) is 2.00. The molecule has 2 saturated heterocycles. The van der Waals surface area contributed by atoms with Crippen molar-refractivity contribution in [1.82, 2.24) is 19.9 Å². The predicted molar refractivity (Wildman–Crippen MR) is 176 cm³/mol. The number of aromatic nitrogens is 3. The number of pyridine rings is 1. The fraction of sp³-hybridized carbons (Fsp3) is 0.500. The predicted octanol–water partition coefficient (Wildman–Crippen LogP) is 6.43. The zero-order valence-corrected chi connectivity index (χ0v) is 28.4. The number of fused-ring (bicyclic) bond motifs is 4. The van der Waals surface area contributed by atoms with Crippen molar-refractivity contribution < 1.29 is 37.3 Å². The van der Waals surface area contributed by atoms with Crippen LogP contribution in [0.4, 0.5) is 18.6 Å². The molecule has 0 saturated carbocycles. The van der Waals surface area contributed by atoms with E-state index >= 15 is 8.78 Å². The molecule has 15 heteroatoms. The van der Waals surface area contributed by atoms with Gasteiger partial charge >= 0.3 is 12.1 Å². The maximum absolute atomic E-state index is 16.8. The number of ether oxygens (including phenoxy) is 5. The van der Waals surface area contributed by atoms with Gasteiger partial charge in [0.05, 0.1) is 41.5 Å². The van der Waals surface area contributed by atoms with Crippen LogP contribution in [0, 0.1) is 23.0 Å². The summed E-state index contributed by atoms with van der Waals surface area (Å²) in [6, 6.07) is 2.08. The van der Waals surface area contributed by atoms with Crippen molar-refractivity contribution in [2.45, 2.75) is 83.7 Å². The highest BCUT2D eigenvalue weighted by molar-refractivity contribution is 7.23. The number of nitrogens with zero attached hydrogens (tertiary/aromatic N) is 5. The van der Waals surface area contributed by atoms with Gasteiger partial charge in [0.1, 0.15) is 28.8 Å². The normalized spacial score (nSPS) is 21.2. The third-order valence-corrected chi connectivity index (χ3v) is 9.96. The third kappa shape index (κ3) is 6.63. The lowest BCUT2D eigenvalue weighted by Gasteiger charge is -2.25. The lowest BCUT2D eigenvalue weighted by Crippen LogP contribution is -2.31. The number of halogens is 2. The molecule has 1 amide bonds. The molecule has 3 atom stereocenters. The Morgan fingerprint density at radius 3 is 2.78 bits per heavy atom. The van der Waals surface area contributed by atoms with Crippen molar-refractivity contribution in [1.29, 1.82) is 5.26 Å². The fourth-order valence-electron chi connectivity index (χ4n) is 6.59. The molecule has 6 heterocycles. The molecule has 3 aliphatic heterocycles. The van der Waals surface area contributed by atoms with E-state index in [0.717, 1.165) is 49.8 Å². The molecule has 1 aromatic carbocycles. The number of nitriles is 1. The number of nitrogens with one attached hydrogen (secondary N) is 1. The Kier molecular flexibility index (Phi) is 9.09. The van der Waals surface area contributed by atoms with Crippen LogP contribution in [0.25, 0.3) is 32.2 Å². The van der Waals surface area contributed by atoms with Crippen LogP contribution in [-0.4, -0.2) is 76.8 Å². The number of carbonyl (C=O) groups excluding carboxylic acids is 1. The van der Waals surface area contributed by atoms with Crippen LogP contribution in [0.1, 0.15) is 63.1 Å². The molecular weight excluding hydrogens is 658 g/mol. The molecule has 3 aromatic heterocycles. The Morgan fingerprint density at radius 2 is 2.02 bits per heavy atom. The monoisotopic (exact) mass is 694 g/mol. The molecule has 0 spiro atoms. The average molecular weight is 695 g/mol. The number of thiophene rings is 1. The van der Waals surface area contributed by atoms with Crippen LogP contribution in [0.5, 0.6) is 6.01 Å². The molecule has 0 radical (unpaired) electrons. The number of rotatable bonds is 7. The summed E-state index contributed by atoms with van der Waals surface area (Å²) in [5, 5.41) is 13.3. The van der Waals surface area contributed by atoms with Gasteiger partial charge in [0.2, 0.25) is 0 Å². The van der Waals surface area contributed by atoms with E-state index in [2.05, 4.69) is 25.2 Å². The number of hydrogen-bond donors (Lipinski definition) is 1. The van der Waals surface area contributed by atoms with Gasteiger partial charge in [-0.25, -0.2) is 18.6 Å². The number of anilines is 1. The molecule has 1 N–H and O–H groups in total. The van der Waals surface area contributed by atoms with E-state index in [-0.39, 0.29) is 81.7 Å². The highest BCUT2D eigenvalue weighted by Crippen LogP contribution is 2.46. The number of benzene rings is 1. The summed E-state index contributed by atoms with van der Waals surface area (Å²) in [6.07, 6.45) is 5.29.